The van der Waals surface area contributed by atoms with Crippen molar-refractivity contribution in [1.29, 1.82) is 0 Å². The molecule has 1 heterocycles. The average Bonchev–Trinajstić information content (AvgIpc) is 2.72. The Morgan fingerprint density at radius 2 is 1.26 bits per heavy atom. The SMILES string of the molecule is CCN(CC)CCn1c(=O)c2ccccc2n(CCN(CC)CC)c1=O.[O-][Cl+](O)(O)O. The molecule has 0 aliphatic rings. The summed E-state index contributed by atoms with van der Waals surface area (Å²) in [6, 6.07) is 7.43. The number of para-hydroxylation sites is 1. The van der Waals surface area contributed by atoms with E-state index in [-0.39, 0.29) is 11.2 Å². The fourth-order valence-electron chi connectivity index (χ4n) is 3.35. The summed E-state index contributed by atoms with van der Waals surface area (Å²) < 4.78 is 33.4. The molecule has 1 aromatic heterocycles. The van der Waals surface area contributed by atoms with E-state index in [1.165, 1.54) is 4.57 Å². The van der Waals surface area contributed by atoms with Gasteiger partial charge in [0.25, 0.3) is 5.56 Å². The summed E-state index contributed by atoms with van der Waals surface area (Å²) in [4.78, 5) is 30.4. The predicted octanol–water partition coefficient (Wildman–Crippen LogP) is -1.01. The molecule has 31 heavy (non-hydrogen) atoms. The molecule has 0 radical (unpaired) electrons. The van der Waals surface area contributed by atoms with Crippen LogP contribution < -0.4 is 15.9 Å². The molecule has 0 saturated heterocycles. The van der Waals surface area contributed by atoms with Crippen molar-refractivity contribution in [3.8, 4) is 0 Å². The second-order valence-electron chi connectivity index (χ2n) is 6.90. The van der Waals surface area contributed by atoms with E-state index >= 15 is 0 Å². The van der Waals surface area contributed by atoms with Gasteiger partial charge in [-0.05, 0) is 38.3 Å². The summed E-state index contributed by atoms with van der Waals surface area (Å²) in [7, 11) is -4.19. The van der Waals surface area contributed by atoms with Gasteiger partial charge in [-0.3, -0.25) is 13.9 Å². The van der Waals surface area contributed by atoms with Gasteiger partial charge in [-0.1, -0.05) is 39.8 Å². The zero-order valence-corrected chi connectivity index (χ0v) is 19.5. The van der Waals surface area contributed by atoms with Crippen molar-refractivity contribution < 1.29 is 28.9 Å². The van der Waals surface area contributed by atoms with Crippen LogP contribution in [0.2, 0.25) is 0 Å². The molecular weight excluding hydrogens is 428 g/mol. The summed E-state index contributed by atoms with van der Waals surface area (Å²) in [5.41, 5.74) is 0.346. The summed E-state index contributed by atoms with van der Waals surface area (Å²) in [5.74, 6) is 0. The van der Waals surface area contributed by atoms with Gasteiger partial charge >= 0.3 is 34.6 Å². The first kappa shape index (κ1) is 27.2. The number of likely N-dealkylation sites (N-methyl/N-ethyl adjacent to an activating group) is 2. The zero-order valence-electron chi connectivity index (χ0n) is 18.7. The summed E-state index contributed by atoms with van der Waals surface area (Å²) in [6.07, 6.45) is 0. The summed E-state index contributed by atoms with van der Waals surface area (Å²) in [6.45, 7) is 14.7. The monoisotopic (exact) mass is 462 g/mol. The first-order valence-electron chi connectivity index (χ1n) is 10.4. The molecule has 0 aliphatic heterocycles. The Kier molecular flexibility index (Phi) is 11.4. The summed E-state index contributed by atoms with van der Waals surface area (Å²) in [5, 5.41) is 0.617. The van der Waals surface area contributed by atoms with Gasteiger partial charge in [-0.15, -0.1) is 0 Å². The van der Waals surface area contributed by atoms with Gasteiger partial charge in [0.2, 0.25) is 0 Å². The Labute approximate surface area is 184 Å². The van der Waals surface area contributed by atoms with Crippen LogP contribution in [-0.4, -0.2) is 72.2 Å². The van der Waals surface area contributed by atoms with Gasteiger partial charge in [-0.2, -0.15) is 0 Å². The van der Waals surface area contributed by atoms with E-state index in [1.807, 2.05) is 24.3 Å². The van der Waals surface area contributed by atoms with Gasteiger partial charge in [0.15, 0.2) is 0 Å². The number of aromatic nitrogens is 2. The third-order valence-electron chi connectivity index (χ3n) is 5.20. The minimum atomic E-state index is -4.19. The molecule has 1 aromatic carbocycles. The Morgan fingerprint density at radius 1 is 0.839 bits per heavy atom. The van der Waals surface area contributed by atoms with Crippen LogP contribution in [0.4, 0.5) is 0 Å². The van der Waals surface area contributed by atoms with E-state index in [9.17, 15) is 9.59 Å². The van der Waals surface area contributed by atoms with Crippen molar-refractivity contribution in [2.45, 2.75) is 40.8 Å². The molecule has 3 N–H and O–H groups in total. The van der Waals surface area contributed by atoms with Crippen LogP contribution in [0.25, 0.3) is 10.9 Å². The fraction of sp³-hybridized carbons (Fsp3) is 0.600. The normalized spacial score (nSPS) is 12.3. The minimum absolute atomic E-state index is 0.183. The number of fused-ring (bicyclic) bond motifs is 1. The van der Waals surface area contributed by atoms with Crippen LogP contribution in [0.3, 0.4) is 0 Å². The number of benzene rings is 1. The Balaban J connectivity index is 0.000000861. The van der Waals surface area contributed by atoms with Crippen LogP contribution in [0.15, 0.2) is 33.9 Å². The number of halogens is 1. The van der Waals surface area contributed by atoms with Gasteiger partial charge in [-0.25, -0.2) is 4.79 Å². The number of hydrogen-bond donors (Lipinski definition) is 3. The van der Waals surface area contributed by atoms with Gasteiger partial charge < -0.3 is 9.80 Å². The maximum atomic E-state index is 13.1. The van der Waals surface area contributed by atoms with Crippen LogP contribution in [0.5, 0.6) is 0 Å². The van der Waals surface area contributed by atoms with E-state index in [0.717, 1.165) is 38.2 Å². The molecule has 0 unspecified atom stereocenters. The van der Waals surface area contributed by atoms with Crippen molar-refractivity contribution >= 4 is 10.9 Å². The fourth-order valence-corrected chi connectivity index (χ4v) is 3.35. The zero-order chi connectivity index (χ0) is 23.6. The van der Waals surface area contributed by atoms with Crippen molar-refractivity contribution in [1.82, 2.24) is 18.9 Å². The molecule has 0 aliphatic carbocycles. The molecule has 178 valence electrons. The number of hydrogen-bond acceptors (Lipinski definition) is 8. The molecule has 10 nitrogen and oxygen atoms in total. The molecule has 2 aromatic rings. The molecule has 0 saturated carbocycles. The van der Waals surface area contributed by atoms with Crippen LogP contribution in [0.1, 0.15) is 27.7 Å². The maximum absolute atomic E-state index is 13.1. The molecule has 0 bridgehead atoms. The van der Waals surface area contributed by atoms with Crippen LogP contribution in [-0.2, 0) is 13.1 Å². The van der Waals surface area contributed by atoms with Gasteiger partial charge in [0.05, 0.1) is 10.9 Å². The molecular formula is C20H35ClN4O6. The van der Waals surface area contributed by atoms with Crippen LogP contribution >= 0.6 is 0 Å². The quantitative estimate of drug-likeness (QED) is 0.408. The van der Waals surface area contributed by atoms with Gasteiger partial charge in [0, 0.05) is 26.2 Å². The van der Waals surface area contributed by atoms with Crippen LogP contribution in [0, 0.1) is 10.2 Å². The molecule has 2 rings (SSSR count). The van der Waals surface area contributed by atoms with Crippen molar-refractivity contribution in [3.63, 3.8) is 0 Å². The second kappa shape index (κ2) is 12.9. The van der Waals surface area contributed by atoms with E-state index in [2.05, 4.69) is 37.5 Å². The topological polar surface area (TPSA) is 134 Å². The van der Waals surface area contributed by atoms with E-state index in [4.69, 9.17) is 18.6 Å². The number of nitrogens with zero attached hydrogens (tertiary/aromatic N) is 4. The first-order chi connectivity index (χ1) is 14.6. The van der Waals surface area contributed by atoms with Gasteiger partial charge in [0.1, 0.15) is 0 Å². The Morgan fingerprint density at radius 3 is 1.71 bits per heavy atom. The van der Waals surface area contributed by atoms with E-state index < -0.39 is 10.2 Å². The second-order valence-corrected chi connectivity index (χ2v) is 7.76. The molecule has 11 heteroatoms. The Bertz CT molecular complexity index is 910. The first-order valence-corrected chi connectivity index (χ1v) is 11.7. The molecule has 0 fully saturated rings. The predicted molar refractivity (Wildman–Crippen MR) is 115 cm³/mol. The Hall–Kier alpha value is -1.79. The third kappa shape index (κ3) is 8.69. The van der Waals surface area contributed by atoms with Crippen molar-refractivity contribution in [3.05, 3.63) is 45.1 Å². The third-order valence-corrected chi connectivity index (χ3v) is 5.20. The number of rotatable bonds is 10. The molecule has 0 amide bonds. The van der Waals surface area contributed by atoms with Crippen molar-refractivity contribution in [2.75, 3.05) is 39.3 Å². The summed E-state index contributed by atoms with van der Waals surface area (Å²) >= 11 is 0. The molecule has 0 spiro atoms. The standard InChI is InChI=1S/C20H32N4O2.ClH3O4/c1-5-21(6-2)13-15-23-18-12-10-9-11-17(18)19(25)24(20(23)26)16-14-22(7-3)8-4;2-1(3,4)5/h9-12H,5-8,13-16H2,1-4H3;2-4H. The molecule has 0 atom stereocenters. The average molecular weight is 463 g/mol. The van der Waals surface area contributed by atoms with Crippen molar-refractivity contribution in [2.24, 2.45) is 0 Å². The van der Waals surface area contributed by atoms with E-state index in [0.29, 0.717) is 25.0 Å². The van der Waals surface area contributed by atoms with E-state index in [1.54, 1.807) is 4.57 Å².